The van der Waals surface area contributed by atoms with E-state index in [1.807, 2.05) is 21.1 Å². The number of phosphoric ester groups is 1. The van der Waals surface area contributed by atoms with Crippen molar-refractivity contribution in [2.24, 2.45) is 0 Å². The standard InChI is InChI=1S/C72H136NO8P/c1-6-8-10-12-14-16-18-20-22-24-26-28-29-30-31-32-33-34-35-36-37-38-39-40-41-42-43-45-47-49-51-53-55-57-59-61-63-65-72(75)81-70(69-80-82(76,77)79-67-66-73(3,4)5)68-78-71(74)64-62-60-58-56-54-52-50-48-46-44-27-25-23-21-19-17-15-13-11-9-7-2/h8,10,14,16,20,22,26,28,70H,6-7,9,11-13,15,17-19,21,23-25,27,29-69H2,1-5H3/b10-8-,16-14-,22-20-,28-26-. The third-order valence-corrected chi connectivity index (χ3v) is 16.8. The Morgan fingerprint density at radius 3 is 1.04 bits per heavy atom. The van der Waals surface area contributed by atoms with E-state index in [-0.39, 0.29) is 32.0 Å². The Hall–Kier alpha value is -2.03. The van der Waals surface area contributed by atoms with Crippen LogP contribution in [-0.2, 0) is 32.7 Å². The van der Waals surface area contributed by atoms with Crippen molar-refractivity contribution in [1.29, 1.82) is 0 Å². The molecule has 9 nitrogen and oxygen atoms in total. The molecular formula is C72H136NO8P. The first kappa shape index (κ1) is 80.0. The molecule has 0 aromatic carbocycles. The highest BCUT2D eigenvalue weighted by Crippen LogP contribution is 2.38. The average Bonchev–Trinajstić information content (AvgIpc) is 3.46. The van der Waals surface area contributed by atoms with Crippen molar-refractivity contribution in [3.05, 3.63) is 48.6 Å². The Bertz CT molecular complexity index is 1520. The third kappa shape index (κ3) is 67.1. The highest BCUT2D eigenvalue weighted by atomic mass is 31.2. The minimum Gasteiger partial charge on any atom is -0.756 e. The maximum Gasteiger partial charge on any atom is 0.306 e. The third-order valence-electron chi connectivity index (χ3n) is 15.9. The zero-order valence-corrected chi connectivity index (χ0v) is 55.8. The van der Waals surface area contributed by atoms with Crippen molar-refractivity contribution in [2.45, 2.75) is 354 Å². The Morgan fingerprint density at radius 2 is 0.695 bits per heavy atom. The number of ether oxygens (including phenoxy) is 2. The minimum atomic E-state index is -4.64. The van der Waals surface area contributed by atoms with Crippen molar-refractivity contribution < 1.29 is 42.1 Å². The van der Waals surface area contributed by atoms with Gasteiger partial charge in [-0.3, -0.25) is 14.2 Å². The van der Waals surface area contributed by atoms with Gasteiger partial charge in [0.05, 0.1) is 27.7 Å². The van der Waals surface area contributed by atoms with Crippen molar-refractivity contribution >= 4 is 19.8 Å². The summed E-state index contributed by atoms with van der Waals surface area (Å²) < 4.78 is 34.3. The molecule has 0 N–H and O–H groups in total. The minimum absolute atomic E-state index is 0.0274. The number of likely N-dealkylation sites (N-methyl/N-ethyl adjacent to an activating group) is 1. The number of carbonyl (C=O) groups excluding carboxylic acids is 2. The van der Waals surface area contributed by atoms with Crippen LogP contribution < -0.4 is 4.89 Å². The van der Waals surface area contributed by atoms with Crippen LogP contribution in [0, 0.1) is 0 Å². The predicted octanol–water partition coefficient (Wildman–Crippen LogP) is 22.2. The fourth-order valence-electron chi connectivity index (χ4n) is 10.5. The summed E-state index contributed by atoms with van der Waals surface area (Å²) >= 11 is 0. The van der Waals surface area contributed by atoms with Gasteiger partial charge in [0.1, 0.15) is 19.8 Å². The smallest absolute Gasteiger partial charge is 0.306 e. The number of allylic oxidation sites excluding steroid dienone is 8. The summed E-state index contributed by atoms with van der Waals surface area (Å²) in [5.41, 5.74) is 0. The Labute approximate surface area is 509 Å². The summed E-state index contributed by atoms with van der Waals surface area (Å²) in [6.07, 6.45) is 82.0. The van der Waals surface area contributed by atoms with Gasteiger partial charge in [-0.2, -0.15) is 0 Å². The topological polar surface area (TPSA) is 111 Å². The fraction of sp³-hybridized carbons (Fsp3) is 0.861. The average molecular weight is 1170 g/mol. The van der Waals surface area contributed by atoms with Crippen LogP contribution in [-0.4, -0.2) is 70.0 Å². The molecule has 482 valence electrons. The number of hydrogen-bond donors (Lipinski definition) is 0. The van der Waals surface area contributed by atoms with E-state index >= 15 is 0 Å². The molecule has 2 atom stereocenters. The predicted molar refractivity (Wildman–Crippen MR) is 351 cm³/mol. The first-order valence-electron chi connectivity index (χ1n) is 35.3. The molecule has 10 heteroatoms. The van der Waals surface area contributed by atoms with Gasteiger partial charge in [-0.25, -0.2) is 0 Å². The molecule has 2 unspecified atom stereocenters. The van der Waals surface area contributed by atoms with Crippen LogP contribution >= 0.6 is 7.82 Å². The molecule has 0 aromatic heterocycles. The molecule has 0 aromatic rings. The monoisotopic (exact) mass is 1170 g/mol. The molecule has 0 aliphatic carbocycles. The Morgan fingerprint density at radius 1 is 0.390 bits per heavy atom. The van der Waals surface area contributed by atoms with Crippen LogP contribution in [0.25, 0.3) is 0 Å². The normalized spacial score (nSPS) is 13.4. The molecule has 0 saturated heterocycles. The van der Waals surface area contributed by atoms with Gasteiger partial charge in [0.25, 0.3) is 7.82 Å². The second kappa shape index (κ2) is 63.5. The summed E-state index contributed by atoms with van der Waals surface area (Å²) in [4.78, 5) is 38.0. The molecule has 0 saturated carbocycles. The zero-order valence-electron chi connectivity index (χ0n) is 55.0. The van der Waals surface area contributed by atoms with Gasteiger partial charge in [-0.15, -0.1) is 0 Å². The Balaban J connectivity index is 3.93. The van der Waals surface area contributed by atoms with Gasteiger partial charge in [0, 0.05) is 12.8 Å². The van der Waals surface area contributed by atoms with Crippen LogP contribution in [0.2, 0.25) is 0 Å². The number of nitrogens with zero attached hydrogens (tertiary/aromatic N) is 1. The lowest BCUT2D eigenvalue weighted by atomic mass is 10.0. The number of unbranched alkanes of at least 4 members (excludes halogenated alkanes) is 44. The molecule has 0 radical (unpaired) electrons. The first-order valence-corrected chi connectivity index (χ1v) is 36.8. The number of esters is 2. The number of carbonyl (C=O) groups is 2. The molecule has 0 aliphatic heterocycles. The lowest BCUT2D eigenvalue weighted by Crippen LogP contribution is -2.37. The van der Waals surface area contributed by atoms with Gasteiger partial charge >= 0.3 is 11.9 Å². The summed E-state index contributed by atoms with van der Waals surface area (Å²) in [5.74, 6) is -0.810. The number of quaternary nitrogens is 1. The quantitative estimate of drug-likeness (QED) is 0.0195. The van der Waals surface area contributed by atoms with Gasteiger partial charge in [-0.1, -0.05) is 332 Å². The molecule has 0 aliphatic rings. The van der Waals surface area contributed by atoms with E-state index in [1.54, 1.807) is 0 Å². The van der Waals surface area contributed by atoms with Gasteiger partial charge in [0.15, 0.2) is 6.10 Å². The summed E-state index contributed by atoms with van der Waals surface area (Å²) in [5, 5.41) is 0. The molecule has 0 spiro atoms. The van der Waals surface area contributed by atoms with Crippen LogP contribution in [0.4, 0.5) is 0 Å². The van der Waals surface area contributed by atoms with E-state index in [0.29, 0.717) is 17.4 Å². The largest absolute Gasteiger partial charge is 0.756 e. The summed E-state index contributed by atoms with van der Waals surface area (Å²) in [7, 11) is 1.19. The molecule has 82 heavy (non-hydrogen) atoms. The van der Waals surface area contributed by atoms with Crippen LogP contribution in [0.1, 0.15) is 348 Å². The van der Waals surface area contributed by atoms with Crippen LogP contribution in [0.15, 0.2) is 48.6 Å². The van der Waals surface area contributed by atoms with E-state index in [1.165, 1.54) is 257 Å². The van der Waals surface area contributed by atoms with Crippen molar-refractivity contribution in [1.82, 2.24) is 0 Å². The van der Waals surface area contributed by atoms with Crippen molar-refractivity contribution in [3.63, 3.8) is 0 Å². The molecule has 0 heterocycles. The first-order chi connectivity index (χ1) is 40.0. The van der Waals surface area contributed by atoms with Crippen molar-refractivity contribution in [3.8, 4) is 0 Å². The lowest BCUT2D eigenvalue weighted by molar-refractivity contribution is -0.870. The second-order valence-electron chi connectivity index (χ2n) is 25.2. The van der Waals surface area contributed by atoms with Gasteiger partial charge in [0.2, 0.25) is 0 Å². The highest BCUT2D eigenvalue weighted by Gasteiger charge is 2.22. The summed E-state index contributed by atoms with van der Waals surface area (Å²) in [6, 6.07) is 0. The van der Waals surface area contributed by atoms with Crippen LogP contribution in [0.3, 0.4) is 0 Å². The molecule has 0 bridgehead atoms. The molecule has 0 fully saturated rings. The fourth-order valence-corrected chi connectivity index (χ4v) is 11.2. The van der Waals surface area contributed by atoms with Gasteiger partial charge in [-0.05, 0) is 51.4 Å². The lowest BCUT2D eigenvalue weighted by Gasteiger charge is -2.28. The maximum atomic E-state index is 12.9. The summed E-state index contributed by atoms with van der Waals surface area (Å²) in [6.45, 7) is 4.20. The van der Waals surface area contributed by atoms with Crippen molar-refractivity contribution in [2.75, 3.05) is 47.5 Å². The van der Waals surface area contributed by atoms with E-state index in [2.05, 4.69) is 62.5 Å². The van der Waals surface area contributed by atoms with E-state index in [9.17, 15) is 19.0 Å². The van der Waals surface area contributed by atoms with E-state index in [4.69, 9.17) is 18.5 Å². The number of rotatable bonds is 66. The van der Waals surface area contributed by atoms with E-state index in [0.717, 1.165) is 57.8 Å². The molecule has 0 rings (SSSR count). The molecule has 0 amide bonds. The number of phosphoric acid groups is 1. The van der Waals surface area contributed by atoms with Crippen LogP contribution in [0.5, 0.6) is 0 Å². The Kier molecular flexibility index (Phi) is 61.9. The second-order valence-corrected chi connectivity index (χ2v) is 26.6. The van der Waals surface area contributed by atoms with Gasteiger partial charge < -0.3 is 27.9 Å². The SMILES string of the molecule is CC/C=C\C/C=C\C/C=C\C/C=C\CCCCCCCCCCCCCCCCCCCCCCCCCCC(=O)OC(COC(=O)CCCCCCCCCCCCCCCCCCCCCCC)COP(=O)([O-])OCC[N+](C)(C)C. The molecular weight excluding hydrogens is 1040 g/mol. The van der Waals surface area contributed by atoms with E-state index < -0.39 is 26.5 Å². The highest BCUT2D eigenvalue weighted by molar-refractivity contribution is 7.45. The number of hydrogen-bond acceptors (Lipinski definition) is 8. The maximum absolute atomic E-state index is 12.9. The zero-order chi connectivity index (χ0) is 59.8.